The highest BCUT2D eigenvalue weighted by atomic mass is 16.2. The monoisotopic (exact) mass is 542 g/mol. The Hall–Kier alpha value is -2.90. The molecule has 218 valence electrons. The van der Waals surface area contributed by atoms with E-state index in [1.807, 2.05) is 40.7 Å². The van der Waals surface area contributed by atoms with Gasteiger partial charge in [-0.05, 0) is 66.0 Å². The van der Waals surface area contributed by atoms with Crippen LogP contribution in [0.1, 0.15) is 110 Å². The van der Waals surface area contributed by atoms with E-state index in [2.05, 4.69) is 17.6 Å². The largest absolute Gasteiger partial charge is 0.345 e. The Morgan fingerprint density at radius 1 is 1.00 bits per heavy atom. The molecule has 2 N–H and O–H groups in total. The van der Waals surface area contributed by atoms with Gasteiger partial charge >= 0.3 is 0 Å². The minimum atomic E-state index is -0.757. The summed E-state index contributed by atoms with van der Waals surface area (Å²) in [5.41, 5.74) is 0.171. The molecular formula is C31H50N4O4. The van der Waals surface area contributed by atoms with E-state index in [0.29, 0.717) is 24.9 Å². The van der Waals surface area contributed by atoms with Crippen molar-refractivity contribution in [2.45, 2.75) is 123 Å². The molecule has 4 amide bonds. The Kier molecular flexibility index (Phi) is 13.0. The molecule has 1 aromatic rings. The zero-order chi connectivity index (χ0) is 29.0. The average molecular weight is 543 g/mol. The molecule has 0 bridgehead atoms. The minimum Gasteiger partial charge on any atom is -0.345 e. The fourth-order valence-corrected chi connectivity index (χ4v) is 5.50. The molecule has 0 aliphatic carbocycles. The summed E-state index contributed by atoms with van der Waals surface area (Å²) < 4.78 is 0. The van der Waals surface area contributed by atoms with Gasteiger partial charge in [0.15, 0.2) is 0 Å². The lowest BCUT2D eigenvalue weighted by atomic mass is 10.0. The Bertz CT molecular complexity index is 942. The number of nitrogens with zero attached hydrogens (tertiary/aromatic N) is 2. The zero-order valence-corrected chi connectivity index (χ0v) is 24.9. The molecule has 1 aliphatic rings. The van der Waals surface area contributed by atoms with Gasteiger partial charge < -0.3 is 20.4 Å². The van der Waals surface area contributed by atoms with E-state index in [1.165, 1.54) is 6.42 Å². The van der Waals surface area contributed by atoms with Crippen LogP contribution in [-0.2, 0) is 14.4 Å². The van der Waals surface area contributed by atoms with Gasteiger partial charge in [0.05, 0.1) is 6.54 Å². The second-order valence-corrected chi connectivity index (χ2v) is 11.9. The average Bonchev–Trinajstić information content (AvgIpc) is 3.37. The van der Waals surface area contributed by atoms with Crippen molar-refractivity contribution in [2.24, 2.45) is 0 Å². The number of hydrogen-bond acceptors (Lipinski definition) is 4. The van der Waals surface area contributed by atoms with Crippen LogP contribution in [0.4, 0.5) is 0 Å². The highest BCUT2D eigenvalue weighted by molar-refractivity contribution is 5.99. The number of hydrogen-bond donors (Lipinski definition) is 2. The van der Waals surface area contributed by atoms with Gasteiger partial charge in [-0.25, -0.2) is 0 Å². The minimum absolute atomic E-state index is 0.0106. The molecule has 0 radical (unpaired) electrons. The first-order valence-electron chi connectivity index (χ1n) is 14.7. The summed E-state index contributed by atoms with van der Waals surface area (Å²) >= 11 is 0. The third kappa shape index (κ3) is 9.97. The van der Waals surface area contributed by atoms with Crippen LogP contribution in [0.2, 0.25) is 0 Å². The summed E-state index contributed by atoms with van der Waals surface area (Å²) in [6.45, 7) is 12.4. The highest BCUT2D eigenvalue weighted by Crippen LogP contribution is 2.21. The summed E-state index contributed by atoms with van der Waals surface area (Å²) in [6, 6.07) is 7.58. The summed E-state index contributed by atoms with van der Waals surface area (Å²) in [5.74, 6) is -1.01. The highest BCUT2D eigenvalue weighted by Gasteiger charge is 2.36. The van der Waals surface area contributed by atoms with Crippen molar-refractivity contribution < 1.29 is 19.2 Å². The lowest BCUT2D eigenvalue weighted by Gasteiger charge is -2.39. The van der Waals surface area contributed by atoms with Gasteiger partial charge in [-0.3, -0.25) is 19.2 Å². The predicted molar refractivity (Wildman–Crippen MR) is 155 cm³/mol. The molecule has 2 unspecified atom stereocenters. The van der Waals surface area contributed by atoms with E-state index in [9.17, 15) is 19.2 Å². The van der Waals surface area contributed by atoms with Gasteiger partial charge in [-0.2, -0.15) is 0 Å². The predicted octanol–water partition coefficient (Wildman–Crippen LogP) is 4.68. The van der Waals surface area contributed by atoms with Gasteiger partial charge in [-0.1, -0.05) is 63.6 Å². The number of benzene rings is 1. The van der Waals surface area contributed by atoms with Crippen molar-refractivity contribution in [2.75, 3.05) is 13.1 Å². The molecule has 1 heterocycles. The number of nitrogens with one attached hydrogen (secondary N) is 2. The molecule has 0 spiro atoms. The molecule has 1 saturated heterocycles. The first-order valence-corrected chi connectivity index (χ1v) is 14.7. The summed E-state index contributed by atoms with van der Waals surface area (Å²) in [6.07, 6.45) is 8.16. The number of likely N-dealkylation sites (tertiary alicyclic amines) is 1. The van der Waals surface area contributed by atoms with Crippen LogP contribution in [0, 0.1) is 0 Å². The van der Waals surface area contributed by atoms with Crippen LogP contribution in [0.3, 0.4) is 0 Å². The van der Waals surface area contributed by atoms with Gasteiger partial charge in [0.25, 0.3) is 5.91 Å². The lowest BCUT2D eigenvalue weighted by molar-refractivity contribution is -0.139. The topological polar surface area (TPSA) is 98.8 Å². The molecule has 2 rings (SSSR count). The molecular weight excluding hydrogens is 492 g/mol. The van der Waals surface area contributed by atoms with Crippen molar-refractivity contribution in [3.05, 3.63) is 35.9 Å². The Morgan fingerprint density at radius 3 is 2.26 bits per heavy atom. The third-order valence-corrected chi connectivity index (χ3v) is 7.24. The second-order valence-electron chi connectivity index (χ2n) is 11.9. The van der Waals surface area contributed by atoms with Crippen LogP contribution in [0.5, 0.6) is 0 Å². The second kappa shape index (κ2) is 15.6. The molecule has 2 atom stereocenters. The van der Waals surface area contributed by atoms with Crippen molar-refractivity contribution in [1.29, 1.82) is 0 Å². The van der Waals surface area contributed by atoms with Crippen LogP contribution in [-0.4, -0.2) is 70.2 Å². The lowest BCUT2D eigenvalue weighted by Crippen LogP contribution is -2.56. The standard InChI is InChI=1S/C31H50N4O4/c1-7-8-9-10-11-15-19-25(28(37)32-22-27(36)35(23(2)3)31(4,5)6)33-29(38)26-20-16-21-34(26)30(39)24-17-13-12-14-18-24/h12-14,17-18,23,25-26H,7-11,15-16,19-22H2,1-6H3,(H,32,37)(H,33,38). The van der Waals surface area contributed by atoms with Gasteiger partial charge in [0.2, 0.25) is 17.7 Å². The third-order valence-electron chi connectivity index (χ3n) is 7.24. The normalized spacial score (nSPS) is 16.2. The molecule has 8 heteroatoms. The van der Waals surface area contributed by atoms with E-state index in [-0.39, 0.29) is 41.8 Å². The van der Waals surface area contributed by atoms with E-state index < -0.39 is 12.1 Å². The van der Waals surface area contributed by atoms with Crippen molar-refractivity contribution in [1.82, 2.24) is 20.4 Å². The molecule has 1 aliphatic heterocycles. The van der Waals surface area contributed by atoms with E-state index in [4.69, 9.17) is 0 Å². The van der Waals surface area contributed by atoms with Crippen molar-refractivity contribution >= 4 is 23.6 Å². The number of amides is 4. The number of carbonyl (C=O) groups is 4. The van der Waals surface area contributed by atoms with Gasteiger partial charge in [0.1, 0.15) is 12.1 Å². The maximum atomic E-state index is 13.4. The number of rotatable bonds is 14. The van der Waals surface area contributed by atoms with Crippen molar-refractivity contribution in [3.63, 3.8) is 0 Å². The number of unbranched alkanes of at least 4 members (excludes halogenated alkanes) is 5. The SMILES string of the molecule is CCCCCCCCC(NC(=O)C1CCCN1C(=O)c1ccccc1)C(=O)NCC(=O)N(C(C)C)C(C)(C)C. The number of carbonyl (C=O) groups excluding carboxylic acids is 4. The van der Waals surface area contributed by atoms with E-state index >= 15 is 0 Å². The van der Waals surface area contributed by atoms with E-state index in [0.717, 1.165) is 38.5 Å². The summed E-state index contributed by atoms with van der Waals surface area (Å²) in [4.78, 5) is 56.1. The molecule has 0 aromatic heterocycles. The fourth-order valence-electron chi connectivity index (χ4n) is 5.50. The maximum Gasteiger partial charge on any atom is 0.254 e. The quantitative estimate of drug-likeness (QED) is 0.334. The fraction of sp³-hybridized carbons (Fsp3) is 0.677. The smallest absolute Gasteiger partial charge is 0.254 e. The Labute approximate surface area is 235 Å². The molecule has 0 saturated carbocycles. The van der Waals surface area contributed by atoms with Gasteiger partial charge in [0, 0.05) is 23.7 Å². The molecule has 1 fully saturated rings. The van der Waals surface area contributed by atoms with Gasteiger partial charge in [-0.15, -0.1) is 0 Å². The molecule has 8 nitrogen and oxygen atoms in total. The molecule has 39 heavy (non-hydrogen) atoms. The van der Waals surface area contributed by atoms with Crippen LogP contribution in [0.25, 0.3) is 0 Å². The van der Waals surface area contributed by atoms with Crippen LogP contribution in [0.15, 0.2) is 30.3 Å². The Balaban J connectivity index is 2.07. The molecule has 1 aromatic carbocycles. The van der Waals surface area contributed by atoms with Crippen molar-refractivity contribution in [3.8, 4) is 0 Å². The van der Waals surface area contributed by atoms with E-state index in [1.54, 1.807) is 34.1 Å². The maximum absolute atomic E-state index is 13.4. The van der Waals surface area contributed by atoms with Crippen LogP contribution >= 0.6 is 0 Å². The first-order chi connectivity index (χ1) is 18.5. The first kappa shape index (κ1) is 32.3. The Morgan fingerprint density at radius 2 is 1.64 bits per heavy atom. The zero-order valence-electron chi connectivity index (χ0n) is 24.9. The summed E-state index contributed by atoms with van der Waals surface area (Å²) in [5, 5.41) is 5.71. The summed E-state index contributed by atoms with van der Waals surface area (Å²) in [7, 11) is 0. The van der Waals surface area contributed by atoms with Crippen LogP contribution < -0.4 is 10.6 Å².